The summed E-state index contributed by atoms with van der Waals surface area (Å²) in [6.07, 6.45) is 6.37. The molecule has 1 amide bonds. The average Bonchev–Trinajstić information content (AvgIpc) is 2.38. The topological polar surface area (TPSA) is 55.6 Å². The summed E-state index contributed by atoms with van der Waals surface area (Å²) in [5, 5.41) is 0. The standard InChI is InChI=1S/C13H24N2O2/c1-17-12-5-7-15(8-6-12)13(16)10-3-2-4-11(14)9-10/h10-12H,2-9,14H2,1H3. The van der Waals surface area contributed by atoms with Crippen LogP contribution in [0.4, 0.5) is 0 Å². The van der Waals surface area contributed by atoms with Gasteiger partial charge in [-0.2, -0.15) is 0 Å². The Labute approximate surface area is 103 Å². The van der Waals surface area contributed by atoms with Crippen molar-refractivity contribution >= 4 is 5.91 Å². The first kappa shape index (κ1) is 12.8. The summed E-state index contributed by atoms with van der Waals surface area (Å²) < 4.78 is 5.32. The van der Waals surface area contributed by atoms with Gasteiger partial charge in [0.2, 0.25) is 5.91 Å². The molecule has 98 valence electrons. The number of carbonyl (C=O) groups is 1. The zero-order valence-corrected chi connectivity index (χ0v) is 10.7. The van der Waals surface area contributed by atoms with Gasteiger partial charge in [-0.1, -0.05) is 6.42 Å². The number of nitrogens with zero attached hydrogens (tertiary/aromatic N) is 1. The van der Waals surface area contributed by atoms with Gasteiger partial charge in [0, 0.05) is 32.2 Å². The van der Waals surface area contributed by atoms with Crippen LogP contribution in [0.15, 0.2) is 0 Å². The molecule has 2 atom stereocenters. The third-order valence-corrected chi connectivity index (χ3v) is 4.15. The van der Waals surface area contributed by atoms with Crippen molar-refractivity contribution < 1.29 is 9.53 Å². The second-order valence-electron chi connectivity index (χ2n) is 5.38. The molecule has 1 aliphatic heterocycles. The van der Waals surface area contributed by atoms with Gasteiger partial charge in [0.05, 0.1) is 6.10 Å². The summed E-state index contributed by atoms with van der Waals surface area (Å²) in [7, 11) is 1.75. The highest BCUT2D eigenvalue weighted by molar-refractivity contribution is 5.79. The SMILES string of the molecule is COC1CCN(C(=O)C2CCCC(N)C2)CC1. The molecule has 2 fully saturated rings. The van der Waals surface area contributed by atoms with Crippen molar-refractivity contribution in [3.8, 4) is 0 Å². The van der Waals surface area contributed by atoms with Crippen LogP contribution in [0.25, 0.3) is 0 Å². The van der Waals surface area contributed by atoms with Gasteiger partial charge in [0.15, 0.2) is 0 Å². The van der Waals surface area contributed by atoms with Crippen LogP contribution >= 0.6 is 0 Å². The third-order valence-electron chi connectivity index (χ3n) is 4.15. The van der Waals surface area contributed by atoms with Crippen LogP contribution in [0.2, 0.25) is 0 Å². The second kappa shape index (κ2) is 5.83. The van der Waals surface area contributed by atoms with E-state index in [1.165, 1.54) is 0 Å². The highest BCUT2D eigenvalue weighted by Crippen LogP contribution is 2.26. The monoisotopic (exact) mass is 240 g/mol. The van der Waals surface area contributed by atoms with Crippen LogP contribution < -0.4 is 5.73 Å². The first-order valence-electron chi connectivity index (χ1n) is 6.78. The van der Waals surface area contributed by atoms with Gasteiger partial charge >= 0.3 is 0 Å². The molecule has 17 heavy (non-hydrogen) atoms. The maximum absolute atomic E-state index is 12.3. The van der Waals surface area contributed by atoms with Crippen LogP contribution in [-0.2, 0) is 9.53 Å². The second-order valence-corrected chi connectivity index (χ2v) is 5.38. The number of carbonyl (C=O) groups excluding carboxylic acids is 1. The molecule has 2 N–H and O–H groups in total. The van der Waals surface area contributed by atoms with Gasteiger partial charge in [-0.25, -0.2) is 0 Å². The van der Waals surface area contributed by atoms with Crippen LogP contribution in [0.3, 0.4) is 0 Å². The van der Waals surface area contributed by atoms with E-state index in [-0.39, 0.29) is 12.0 Å². The molecule has 2 unspecified atom stereocenters. The fourth-order valence-electron chi connectivity index (χ4n) is 3.02. The molecule has 1 saturated carbocycles. The minimum atomic E-state index is 0.179. The van der Waals surface area contributed by atoms with E-state index >= 15 is 0 Å². The molecule has 0 bridgehead atoms. The number of piperidine rings is 1. The Kier molecular flexibility index (Phi) is 4.40. The fraction of sp³-hybridized carbons (Fsp3) is 0.923. The lowest BCUT2D eigenvalue weighted by molar-refractivity contribution is -0.139. The maximum atomic E-state index is 12.3. The molecule has 0 spiro atoms. The molecule has 1 saturated heterocycles. The number of ether oxygens (including phenoxy) is 1. The predicted molar refractivity (Wildman–Crippen MR) is 66.5 cm³/mol. The number of likely N-dealkylation sites (tertiary alicyclic amines) is 1. The quantitative estimate of drug-likeness (QED) is 0.787. The van der Waals surface area contributed by atoms with Crippen molar-refractivity contribution in [3.63, 3.8) is 0 Å². The molecule has 1 aliphatic carbocycles. The third kappa shape index (κ3) is 3.19. The summed E-state index contributed by atoms with van der Waals surface area (Å²) in [4.78, 5) is 14.3. The summed E-state index contributed by atoms with van der Waals surface area (Å²) in [5.74, 6) is 0.507. The Hall–Kier alpha value is -0.610. The van der Waals surface area contributed by atoms with Crippen molar-refractivity contribution in [2.75, 3.05) is 20.2 Å². The van der Waals surface area contributed by atoms with Crippen molar-refractivity contribution in [2.45, 2.75) is 50.7 Å². The van der Waals surface area contributed by atoms with E-state index < -0.39 is 0 Å². The van der Waals surface area contributed by atoms with Crippen LogP contribution in [0.1, 0.15) is 38.5 Å². The summed E-state index contributed by atoms with van der Waals surface area (Å²) >= 11 is 0. The minimum absolute atomic E-state index is 0.179. The number of hydrogen-bond donors (Lipinski definition) is 1. The van der Waals surface area contributed by atoms with E-state index in [1.807, 2.05) is 4.90 Å². The van der Waals surface area contributed by atoms with E-state index in [4.69, 9.17) is 10.5 Å². The highest BCUT2D eigenvalue weighted by atomic mass is 16.5. The zero-order chi connectivity index (χ0) is 12.3. The average molecular weight is 240 g/mol. The highest BCUT2D eigenvalue weighted by Gasteiger charge is 2.30. The summed E-state index contributed by atoms with van der Waals surface area (Å²) in [5.41, 5.74) is 5.95. The van der Waals surface area contributed by atoms with E-state index in [0.29, 0.717) is 12.0 Å². The van der Waals surface area contributed by atoms with Gasteiger partial charge in [-0.05, 0) is 32.1 Å². The molecule has 0 aromatic heterocycles. The van der Waals surface area contributed by atoms with E-state index in [1.54, 1.807) is 7.11 Å². The normalized spacial score (nSPS) is 31.5. The number of nitrogens with two attached hydrogens (primary N) is 1. The van der Waals surface area contributed by atoms with Crippen LogP contribution in [0, 0.1) is 5.92 Å². The van der Waals surface area contributed by atoms with E-state index in [9.17, 15) is 4.79 Å². The predicted octanol–water partition coefficient (Wildman–Crippen LogP) is 1.14. The molecular formula is C13H24N2O2. The minimum Gasteiger partial charge on any atom is -0.381 e. The molecule has 0 radical (unpaired) electrons. The summed E-state index contributed by atoms with van der Waals surface area (Å²) in [6.45, 7) is 1.70. The molecular weight excluding hydrogens is 216 g/mol. The number of amides is 1. The first-order chi connectivity index (χ1) is 8.20. The fourth-order valence-corrected chi connectivity index (χ4v) is 3.02. The van der Waals surface area contributed by atoms with E-state index in [0.717, 1.165) is 51.6 Å². The van der Waals surface area contributed by atoms with Gasteiger partial charge in [0.25, 0.3) is 0 Å². The lowest BCUT2D eigenvalue weighted by Gasteiger charge is -2.35. The number of rotatable bonds is 2. The smallest absolute Gasteiger partial charge is 0.225 e. The largest absolute Gasteiger partial charge is 0.381 e. The van der Waals surface area contributed by atoms with Crippen LogP contribution in [-0.4, -0.2) is 43.2 Å². The lowest BCUT2D eigenvalue weighted by Crippen LogP contribution is -2.45. The number of methoxy groups -OCH3 is 1. The van der Waals surface area contributed by atoms with Crippen molar-refractivity contribution in [3.05, 3.63) is 0 Å². The van der Waals surface area contributed by atoms with E-state index in [2.05, 4.69) is 0 Å². The van der Waals surface area contributed by atoms with Crippen LogP contribution in [0.5, 0.6) is 0 Å². The maximum Gasteiger partial charge on any atom is 0.225 e. The Morgan fingerprint density at radius 1 is 1.24 bits per heavy atom. The molecule has 2 aliphatic rings. The Morgan fingerprint density at radius 3 is 2.53 bits per heavy atom. The molecule has 1 heterocycles. The van der Waals surface area contributed by atoms with Crippen molar-refractivity contribution in [1.82, 2.24) is 4.90 Å². The summed E-state index contributed by atoms with van der Waals surface area (Å²) in [6, 6.07) is 0.231. The zero-order valence-electron chi connectivity index (χ0n) is 10.7. The Morgan fingerprint density at radius 2 is 1.94 bits per heavy atom. The first-order valence-corrected chi connectivity index (χ1v) is 6.78. The Balaban J connectivity index is 1.83. The Bertz CT molecular complexity index is 262. The van der Waals surface area contributed by atoms with Gasteiger partial charge < -0.3 is 15.4 Å². The van der Waals surface area contributed by atoms with Gasteiger partial charge in [0.1, 0.15) is 0 Å². The molecule has 4 heteroatoms. The van der Waals surface area contributed by atoms with Crippen molar-refractivity contribution in [2.24, 2.45) is 11.7 Å². The molecule has 2 rings (SSSR count). The van der Waals surface area contributed by atoms with Crippen molar-refractivity contribution in [1.29, 1.82) is 0 Å². The lowest BCUT2D eigenvalue weighted by atomic mass is 9.85. The molecule has 0 aromatic carbocycles. The molecule has 0 aromatic rings. The molecule has 4 nitrogen and oxygen atoms in total. The van der Waals surface area contributed by atoms with Gasteiger partial charge in [-0.15, -0.1) is 0 Å². The van der Waals surface area contributed by atoms with Gasteiger partial charge in [-0.3, -0.25) is 4.79 Å². The number of hydrogen-bond acceptors (Lipinski definition) is 3.